The molecular formula is C14H19N3O2S. The molecule has 108 valence electrons. The lowest BCUT2D eigenvalue weighted by Gasteiger charge is -2.38. The van der Waals surface area contributed by atoms with Crippen molar-refractivity contribution in [3.8, 4) is 0 Å². The maximum atomic E-state index is 12.6. The fraction of sp³-hybridized carbons (Fsp3) is 0.643. The third-order valence-electron chi connectivity index (χ3n) is 4.10. The molecule has 1 aliphatic heterocycles. The smallest absolute Gasteiger partial charge is 0.246 e. The average molecular weight is 293 g/mol. The Morgan fingerprint density at radius 3 is 2.85 bits per heavy atom. The number of carbonyl (C=O) groups is 2. The van der Waals surface area contributed by atoms with Gasteiger partial charge in [0, 0.05) is 18.3 Å². The minimum atomic E-state index is -0.323. The summed E-state index contributed by atoms with van der Waals surface area (Å²) in [5.74, 6) is 0.447. The molecule has 2 atom stereocenters. The van der Waals surface area contributed by atoms with Gasteiger partial charge < -0.3 is 10.2 Å². The zero-order chi connectivity index (χ0) is 14.1. The van der Waals surface area contributed by atoms with Crippen molar-refractivity contribution in [1.82, 2.24) is 15.2 Å². The van der Waals surface area contributed by atoms with E-state index < -0.39 is 0 Å². The molecule has 2 unspecified atom stereocenters. The average Bonchev–Trinajstić information content (AvgIpc) is 3.15. The Morgan fingerprint density at radius 2 is 2.25 bits per heavy atom. The van der Waals surface area contributed by atoms with Gasteiger partial charge >= 0.3 is 0 Å². The van der Waals surface area contributed by atoms with Gasteiger partial charge in [-0.3, -0.25) is 9.59 Å². The second kappa shape index (κ2) is 5.52. The van der Waals surface area contributed by atoms with Gasteiger partial charge in [0.05, 0.1) is 11.2 Å². The summed E-state index contributed by atoms with van der Waals surface area (Å²) < 4.78 is 0. The molecule has 3 rings (SSSR count). The molecule has 1 aromatic heterocycles. The summed E-state index contributed by atoms with van der Waals surface area (Å²) in [5.41, 5.74) is 2.79. The fourth-order valence-electron chi connectivity index (χ4n) is 2.80. The second-order valence-electron chi connectivity index (χ2n) is 5.51. The molecule has 1 saturated carbocycles. The number of hydrogen-bond acceptors (Lipinski definition) is 4. The van der Waals surface area contributed by atoms with Gasteiger partial charge in [-0.25, -0.2) is 4.98 Å². The summed E-state index contributed by atoms with van der Waals surface area (Å²) in [6, 6.07) is -0.614. The first-order valence-corrected chi connectivity index (χ1v) is 8.13. The lowest BCUT2D eigenvalue weighted by atomic mass is 10.0. The molecule has 0 spiro atoms. The van der Waals surface area contributed by atoms with Crippen LogP contribution in [0.5, 0.6) is 0 Å². The van der Waals surface area contributed by atoms with Crippen molar-refractivity contribution in [2.24, 2.45) is 5.92 Å². The van der Waals surface area contributed by atoms with Crippen LogP contribution in [0.3, 0.4) is 0 Å². The first-order chi connectivity index (χ1) is 9.70. The predicted octanol–water partition coefficient (Wildman–Crippen LogP) is 1.20. The van der Waals surface area contributed by atoms with Crippen molar-refractivity contribution in [3.63, 3.8) is 0 Å². The van der Waals surface area contributed by atoms with Crippen LogP contribution in [0.25, 0.3) is 0 Å². The maximum absolute atomic E-state index is 12.6. The van der Waals surface area contributed by atoms with Crippen LogP contribution in [-0.2, 0) is 16.0 Å². The van der Waals surface area contributed by atoms with E-state index >= 15 is 0 Å². The lowest BCUT2D eigenvalue weighted by molar-refractivity contribution is -0.150. The number of thiazole rings is 1. The molecule has 5 nitrogen and oxygen atoms in total. The molecule has 2 aliphatic rings. The van der Waals surface area contributed by atoms with E-state index in [0.29, 0.717) is 18.9 Å². The molecule has 20 heavy (non-hydrogen) atoms. The van der Waals surface area contributed by atoms with Crippen LogP contribution in [0.2, 0.25) is 0 Å². The monoisotopic (exact) mass is 293 g/mol. The molecule has 0 bridgehead atoms. The van der Waals surface area contributed by atoms with Gasteiger partial charge in [0.15, 0.2) is 0 Å². The molecule has 2 fully saturated rings. The normalized spacial score (nSPS) is 26.8. The number of rotatable bonds is 5. The zero-order valence-electron chi connectivity index (χ0n) is 11.5. The van der Waals surface area contributed by atoms with Gasteiger partial charge in [-0.2, -0.15) is 0 Å². The van der Waals surface area contributed by atoms with Gasteiger partial charge in [0.1, 0.15) is 12.1 Å². The molecule has 2 heterocycles. The van der Waals surface area contributed by atoms with Crippen molar-refractivity contribution >= 4 is 23.2 Å². The standard InChI is InChI=1S/C14H19N3O2S/c1-2-11-13(18)16-12(9-3-4-9)14(19)17(11)6-5-10-7-20-8-15-10/h7-9,11-12H,2-6H2,1H3,(H,16,18). The van der Waals surface area contributed by atoms with Crippen LogP contribution in [0, 0.1) is 5.92 Å². The molecule has 1 aromatic rings. The highest BCUT2D eigenvalue weighted by molar-refractivity contribution is 7.07. The maximum Gasteiger partial charge on any atom is 0.246 e. The summed E-state index contributed by atoms with van der Waals surface area (Å²) in [7, 11) is 0. The number of nitrogens with one attached hydrogen (secondary N) is 1. The number of nitrogens with zero attached hydrogens (tertiary/aromatic N) is 2. The molecule has 0 radical (unpaired) electrons. The summed E-state index contributed by atoms with van der Waals surface area (Å²) in [6.07, 6.45) is 3.48. The molecule has 6 heteroatoms. The SMILES string of the molecule is CCC1C(=O)NC(C2CC2)C(=O)N1CCc1cscn1. The third-order valence-corrected chi connectivity index (χ3v) is 4.73. The highest BCUT2D eigenvalue weighted by Gasteiger charge is 2.46. The molecule has 1 saturated heterocycles. The Labute approximate surface area is 122 Å². The van der Waals surface area contributed by atoms with Gasteiger partial charge in [-0.1, -0.05) is 6.92 Å². The van der Waals surface area contributed by atoms with Crippen molar-refractivity contribution < 1.29 is 9.59 Å². The Hall–Kier alpha value is -1.43. The number of hydrogen-bond donors (Lipinski definition) is 1. The largest absolute Gasteiger partial charge is 0.342 e. The van der Waals surface area contributed by atoms with Gasteiger partial charge in [0.2, 0.25) is 11.8 Å². The van der Waals surface area contributed by atoms with Crippen molar-refractivity contribution in [1.29, 1.82) is 0 Å². The van der Waals surface area contributed by atoms with Gasteiger partial charge in [0.25, 0.3) is 0 Å². The number of aromatic nitrogens is 1. The van der Waals surface area contributed by atoms with E-state index in [-0.39, 0.29) is 23.9 Å². The Balaban J connectivity index is 1.72. The number of carbonyl (C=O) groups excluding carboxylic acids is 2. The van der Waals surface area contributed by atoms with Crippen LogP contribution < -0.4 is 5.32 Å². The van der Waals surface area contributed by atoms with E-state index in [1.807, 2.05) is 12.3 Å². The molecule has 0 aromatic carbocycles. The van der Waals surface area contributed by atoms with Crippen molar-refractivity contribution in [2.75, 3.05) is 6.54 Å². The highest BCUT2D eigenvalue weighted by Crippen LogP contribution is 2.35. The topological polar surface area (TPSA) is 62.3 Å². The zero-order valence-corrected chi connectivity index (χ0v) is 12.4. The highest BCUT2D eigenvalue weighted by atomic mass is 32.1. The van der Waals surface area contributed by atoms with Gasteiger partial charge in [-0.15, -0.1) is 11.3 Å². The third kappa shape index (κ3) is 2.57. The Morgan fingerprint density at radius 1 is 1.45 bits per heavy atom. The van der Waals surface area contributed by atoms with E-state index in [1.165, 1.54) is 0 Å². The van der Waals surface area contributed by atoms with Crippen LogP contribution in [0.15, 0.2) is 10.9 Å². The number of amides is 2. The number of piperazine rings is 1. The van der Waals surface area contributed by atoms with Crippen molar-refractivity contribution in [2.45, 2.75) is 44.7 Å². The minimum absolute atomic E-state index is 0.00211. The molecule has 1 N–H and O–H groups in total. The van der Waals surface area contributed by atoms with Crippen LogP contribution in [0.4, 0.5) is 0 Å². The van der Waals surface area contributed by atoms with E-state index in [9.17, 15) is 9.59 Å². The predicted molar refractivity (Wildman–Crippen MR) is 76.3 cm³/mol. The van der Waals surface area contributed by atoms with Gasteiger partial charge in [-0.05, 0) is 25.2 Å². The van der Waals surface area contributed by atoms with E-state index in [1.54, 1.807) is 21.7 Å². The second-order valence-corrected chi connectivity index (χ2v) is 6.23. The first kappa shape index (κ1) is 13.5. The lowest BCUT2D eigenvalue weighted by Crippen LogP contribution is -2.64. The summed E-state index contributed by atoms with van der Waals surface area (Å²) in [4.78, 5) is 30.7. The molecular weight excluding hydrogens is 274 g/mol. The van der Waals surface area contributed by atoms with Crippen LogP contribution >= 0.6 is 11.3 Å². The molecule has 1 aliphatic carbocycles. The van der Waals surface area contributed by atoms with E-state index in [2.05, 4.69) is 10.3 Å². The van der Waals surface area contributed by atoms with Crippen molar-refractivity contribution in [3.05, 3.63) is 16.6 Å². The summed E-state index contributed by atoms with van der Waals surface area (Å²) in [6.45, 7) is 2.53. The quantitative estimate of drug-likeness (QED) is 0.887. The van der Waals surface area contributed by atoms with E-state index in [0.717, 1.165) is 25.0 Å². The summed E-state index contributed by atoms with van der Waals surface area (Å²) in [5, 5.41) is 4.90. The Kier molecular flexibility index (Phi) is 3.74. The van der Waals surface area contributed by atoms with Crippen LogP contribution in [0.1, 0.15) is 31.9 Å². The van der Waals surface area contributed by atoms with Crippen LogP contribution in [-0.4, -0.2) is 40.3 Å². The summed E-state index contributed by atoms with van der Waals surface area (Å²) >= 11 is 1.56. The Bertz CT molecular complexity index is 499. The first-order valence-electron chi connectivity index (χ1n) is 7.18. The fourth-order valence-corrected chi connectivity index (χ4v) is 3.39. The van der Waals surface area contributed by atoms with E-state index in [4.69, 9.17) is 0 Å². The minimum Gasteiger partial charge on any atom is -0.342 e. The molecule has 2 amide bonds.